The molecule has 1 unspecified atom stereocenters. The van der Waals surface area contributed by atoms with Gasteiger partial charge in [-0.1, -0.05) is 52.9 Å². The van der Waals surface area contributed by atoms with Crippen LogP contribution in [-0.4, -0.2) is 34.2 Å². The van der Waals surface area contributed by atoms with E-state index in [0.717, 1.165) is 16.4 Å². The Hall–Kier alpha value is -1.31. The summed E-state index contributed by atoms with van der Waals surface area (Å²) in [6.45, 7) is 5.47. The van der Waals surface area contributed by atoms with Crippen LogP contribution in [0.25, 0.3) is 0 Å². The molecule has 0 spiro atoms. The number of alkyl halides is 1. The maximum absolute atomic E-state index is 12.2. The van der Waals surface area contributed by atoms with Gasteiger partial charge in [-0.05, 0) is 45.6 Å². The number of halogens is 1. The predicted octanol–water partition coefficient (Wildman–Crippen LogP) is 3.88. The van der Waals surface area contributed by atoms with Gasteiger partial charge in [0.05, 0.1) is 12.0 Å². The fourth-order valence-electron chi connectivity index (χ4n) is 2.89. The maximum Gasteiger partial charge on any atom is 0.408 e. The van der Waals surface area contributed by atoms with E-state index in [9.17, 15) is 9.59 Å². The van der Waals surface area contributed by atoms with E-state index in [1.54, 1.807) is 0 Å². The lowest BCUT2D eigenvalue weighted by Gasteiger charge is -2.26. The molecule has 2 rings (SSSR count). The average molecular weight is 459 g/mol. The highest BCUT2D eigenvalue weighted by atomic mass is 127. The van der Waals surface area contributed by atoms with Gasteiger partial charge in [-0.15, -0.1) is 0 Å². The lowest BCUT2D eigenvalue weighted by Crippen LogP contribution is -2.46. The third kappa shape index (κ3) is 6.49. The van der Waals surface area contributed by atoms with Gasteiger partial charge < -0.3 is 14.8 Å². The molecule has 1 aromatic carbocycles. The molecule has 0 aliphatic carbocycles. The molecule has 1 fully saturated rings. The van der Waals surface area contributed by atoms with Crippen molar-refractivity contribution in [3.63, 3.8) is 0 Å². The number of carbonyl (C=O) groups excluding carboxylic acids is 2. The van der Waals surface area contributed by atoms with Crippen molar-refractivity contribution >= 4 is 34.7 Å². The number of benzene rings is 1. The molecule has 1 heterocycles. The molecule has 0 radical (unpaired) electrons. The van der Waals surface area contributed by atoms with Crippen LogP contribution in [0.4, 0.5) is 4.79 Å². The van der Waals surface area contributed by atoms with Crippen molar-refractivity contribution < 1.29 is 19.1 Å². The fourth-order valence-corrected chi connectivity index (χ4v) is 3.64. The third-order valence-electron chi connectivity index (χ3n) is 4.02. The lowest BCUT2D eigenvalue weighted by atomic mass is 9.95. The van der Waals surface area contributed by atoms with E-state index >= 15 is 0 Å². The second kappa shape index (κ2) is 8.87. The molecule has 0 saturated carbocycles. The van der Waals surface area contributed by atoms with E-state index in [1.807, 2.05) is 51.1 Å². The molecule has 1 amide bonds. The Morgan fingerprint density at radius 2 is 2.04 bits per heavy atom. The maximum atomic E-state index is 12.2. The molecule has 1 aliphatic rings. The molecular weight excluding hydrogens is 433 g/mol. The second-order valence-corrected chi connectivity index (χ2v) is 8.41. The number of cyclic esters (lactones) is 1. The number of ether oxygens (including phenoxy) is 2. The largest absolute Gasteiger partial charge is 0.460 e. The molecule has 1 N–H and O–H groups in total. The van der Waals surface area contributed by atoms with Crippen LogP contribution in [0.3, 0.4) is 0 Å². The van der Waals surface area contributed by atoms with Gasteiger partial charge in [-0.25, -0.2) is 4.79 Å². The molecule has 0 aromatic heterocycles. The highest BCUT2D eigenvalue weighted by Gasteiger charge is 2.39. The van der Waals surface area contributed by atoms with Crippen molar-refractivity contribution in [2.24, 2.45) is 5.92 Å². The number of hydrogen-bond acceptors (Lipinski definition) is 4. The van der Waals surface area contributed by atoms with Crippen molar-refractivity contribution in [2.45, 2.75) is 57.8 Å². The van der Waals surface area contributed by atoms with Crippen molar-refractivity contribution in [1.82, 2.24) is 5.32 Å². The summed E-state index contributed by atoms with van der Waals surface area (Å²) in [5.74, 6) is -0.244. The Kier molecular flexibility index (Phi) is 7.10. The molecule has 25 heavy (non-hydrogen) atoms. The summed E-state index contributed by atoms with van der Waals surface area (Å²) in [7, 11) is 0. The smallest absolute Gasteiger partial charge is 0.408 e. The van der Waals surface area contributed by atoms with Gasteiger partial charge >= 0.3 is 12.1 Å². The van der Waals surface area contributed by atoms with Crippen LogP contribution >= 0.6 is 22.6 Å². The highest BCUT2D eigenvalue weighted by molar-refractivity contribution is 14.1. The van der Waals surface area contributed by atoms with E-state index in [-0.39, 0.29) is 24.0 Å². The zero-order valence-electron chi connectivity index (χ0n) is 15.0. The molecule has 3 atom stereocenters. The normalized spacial score (nSPS) is 21.5. The van der Waals surface area contributed by atoms with E-state index in [0.29, 0.717) is 12.8 Å². The number of nitrogens with one attached hydrogen (secondary N) is 1. The van der Waals surface area contributed by atoms with Crippen LogP contribution in [0.1, 0.15) is 39.2 Å². The first-order valence-electron chi connectivity index (χ1n) is 8.58. The number of amides is 1. The second-order valence-electron chi connectivity index (χ2n) is 7.33. The minimum absolute atomic E-state index is 0.0828. The Balaban J connectivity index is 2.09. The van der Waals surface area contributed by atoms with Gasteiger partial charge in [0.2, 0.25) is 0 Å². The molecule has 6 heteroatoms. The van der Waals surface area contributed by atoms with Crippen LogP contribution in [0.15, 0.2) is 30.3 Å². The number of carbonyl (C=O) groups is 2. The third-order valence-corrected chi connectivity index (χ3v) is 4.65. The molecule has 1 aromatic rings. The predicted molar refractivity (Wildman–Crippen MR) is 105 cm³/mol. The monoisotopic (exact) mass is 459 g/mol. The number of esters is 1. The first-order chi connectivity index (χ1) is 11.8. The Morgan fingerprint density at radius 3 is 2.64 bits per heavy atom. The van der Waals surface area contributed by atoms with Gasteiger partial charge in [-0.2, -0.15) is 0 Å². The number of hydrogen-bond donors (Lipinski definition) is 1. The van der Waals surface area contributed by atoms with E-state index in [2.05, 4.69) is 27.9 Å². The van der Waals surface area contributed by atoms with Crippen LogP contribution in [-0.2, 0) is 20.7 Å². The van der Waals surface area contributed by atoms with Crippen molar-refractivity contribution in [1.29, 1.82) is 0 Å². The highest BCUT2D eigenvalue weighted by Crippen LogP contribution is 2.28. The Morgan fingerprint density at radius 1 is 1.36 bits per heavy atom. The van der Waals surface area contributed by atoms with Crippen molar-refractivity contribution in [3.05, 3.63) is 35.9 Å². The quantitative estimate of drug-likeness (QED) is 0.399. The zero-order valence-corrected chi connectivity index (χ0v) is 17.1. The van der Waals surface area contributed by atoms with E-state index in [4.69, 9.17) is 9.47 Å². The van der Waals surface area contributed by atoms with E-state index in [1.165, 1.54) is 0 Å². The summed E-state index contributed by atoms with van der Waals surface area (Å²) in [5.41, 5.74) is 0.509. The topological polar surface area (TPSA) is 64.6 Å². The van der Waals surface area contributed by atoms with Gasteiger partial charge in [-0.3, -0.25) is 4.79 Å². The van der Waals surface area contributed by atoms with Gasteiger partial charge in [0, 0.05) is 4.43 Å². The summed E-state index contributed by atoms with van der Waals surface area (Å²) in [5, 5.41) is 2.91. The van der Waals surface area contributed by atoms with Crippen LogP contribution < -0.4 is 5.32 Å². The molecule has 5 nitrogen and oxygen atoms in total. The first kappa shape index (κ1) is 20.0. The standard InChI is InChI=1S/C19H26INO4/c1-19(2,3)25-18(23)21-15(11-13-7-5-4-6-8-13)16-12-14(9-10-20)17(22)24-16/h4-8,14-16H,9-12H2,1-3H3,(H,21,23)/t14-,15?,16+/m1/s1. The van der Waals surface area contributed by atoms with Crippen molar-refractivity contribution in [3.8, 4) is 0 Å². The SMILES string of the molecule is CC(C)(C)OC(=O)NC(Cc1ccccc1)[C@@H]1C[C@@H](CCI)C(=O)O1. The summed E-state index contributed by atoms with van der Waals surface area (Å²) < 4.78 is 11.9. The average Bonchev–Trinajstić information content (AvgIpc) is 2.87. The first-order valence-corrected chi connectivity index (χ1v) is 10.1. The summed E-state index contributed by atoms with van der Waals surface area (Å²) in [4.78, 5) is 24.3. The van der Waals surface area contributed by atoms with Crippen LogP contribution in [0.5, 0.6) is 0 Å². The van der Waals surface area contributed by atoms with Crippen LogP contribution in [0, 0.1) is 5.92 Å². The minimum Gasteiger partial charge on any atom is -0.460 e. The Labute approximate surface area is 163 Å². The number of rotatable bonds is 6. The van der Waals surface area contributed by atoms with E-state index < -0.39 is 11.7 Å². The lowest BCUT2D eigenvalue weighted by molar-refractivity contribution is -0.145. The zero-order chi connectivity index (χ0) is 18.4. The molecule has 1 aliphatic heterocycles. The Bertz CT molecular complexity index is 585. The molecule has 1 saturated heterocycles. The summed E-state index contributed by atoms with van der Waals surface area (Å²) in [6.07, 6.45) is 1.22. The van der Waals surface area contributed by atoms with Gasteiger partial charge in [0.1, 0.15) is 11.7 Å². The minimum atomic E-state index is -0.572. The molecule has 138 valence electrons. The van der Waals surface area contributed by atoms with Crippen LogP contribution in [0.2, 0.25) is 0 Å². The van der Waals surface area contributed by atoms with Gasteiger partial charge in [0.25, 0.3) is 0 Å². The molecular formula is C19H26INO4. The fraction of sp³-hybridized carbons (Fsp3) is 0.579. The molecule has 0 bridgehead atoms. The summed E-state index contributed by atoms with van der Waals surface area (Å²) >= 11 is 2.27. The summed E-state index contributed by atoms with van der Waals surface area (Å²) in [6, 6.07) is 9.57. The van der Waals surface area contributed by atoms with Crippen molar-refractivity contribution in [2.75, 3.05) is 4.43 Å². The van der Waals surface area contributed by atoms with Gasteiger partial charge in [0.15, 0.2) is 0 Å². The number of alkyl carbamates (subject to hydrolysis) is 1.